The number of nitrogens with one attached hydrogen (secondary N) is 1. The van der Waals surface area contributed by atoms with Gasteiger partial charge < -0.3 is 14.1 Å². The summed E-state index contributed by atoms with van der Waals surface area (Å²) in [5.74, 6) is -1.61. The lowest BCUT2D eigenvalue weighted by molar-refractivity contribution is -0.140. The Hall–Kier alpha value is -3.10. The normalized spacial score (nSPS) is 13.3. The van der Waals surface area contributed by atoms with Crippen LogP contribution in [0.25, 0.3) is 27.6 Å². The Balaban J connectivity index is 1.77. The SMILES string of the molecule is CC(C)C(NS(=O)(=O)c1ccc2oc3cc(-n4cccc4)ccc3c2c1)C(=O)O. The van der Waals surface area contributed by atoms with Gasteiger partial charge in [0.25, 0.3) is 0 Å². The lowest BCUT2D eigenvalue weighted by atomic mass is 10.1. The van der Waals surface area contributed by atoms with Gasteiger partial charge >= 0.3 is 5.97 Å². The fourth-order valence-corrected chi connectivity index (χ4v) is 4.65. The first-order valence-corrected chi connectivity index (χ1v) is 10.6. The standard InChI is InChI=1S/C21H20N2O5S/c1-13(2)20(21(24)25)22-29(26,27)15-6-8-18-17(12-15)16-7-5-14(11-19(16)28-18)23-9-3-4-10-23/h3-13,20,22H,1-2H3,(H,24,25). The van der Waals surface area contributed by atoms with Crippen LogP contribution in [0.15, 0.2) is 70.2 Å². The molecule has 150 valence electrons. The molecule has 1 unspecified atom stereocenters. The van der Waals surface area contributed by atoms with Gasteiger partial charge in [-0.15, -0.1) is 0 Å². The van der Waals surface area contributed by atoms with Crippen LogP contribution in [0.4, 0.5) is 0 Å². The van der Waals surface area contributed by atoms with Crippen molar-refractivity contribution in [3.05, 3.63) is 60.9 Å². The molecular formula is C21H20N2O5S. The molecule has 2 N–H and O–H groups in total. The quantitative estimate of drug-likeness (QED) is 0.502. The van der Waals surface area contributed by atoms with Gasteiger partial charge in [-0.2, -0.15) is 4.72 Å². The summed E-state index contributed by atoms with van der Waals surface area (Å²) in [4.78, 5) is 11.4. The molecule has 7 nitrogen and oxygen atoms in total. The number of carboxylic acids is 1. The number of nitrogens with zero attached hydrogens (tertiary/aromatic N) is 1. The number of aromatic nitrogens is 1. The molecule has 0 aliphatic heterocycles. The average molecular weight is 412 g/mol. The molecular weight excluding hydrogens is 392 g/mol. The van der Waals surface area contributed by atoms with Crippen LogP contribution in [0.1, 0.15) is 13.8 Å². The minimum absolute atomic E-state index is 0.00548. The third-order valence-electron chi connectivity index (χ3n) is 4.85. The van der Waals surface area contributed by atoms with E-state index in [4.69, 9.17) is 4.42 Å². The van der Waals surface area contributed by atoms with E-state index < -0.39 is 28.0 Å². The van der Waals surface area contributed by atoms with Crippen molar-refractivity contribution in [2.24, 2.45) is 5.92 Å². The predicted molar refractivity (Wildman–Crippen MR) is 110 cm³/mol. The second-order valence-electron chi connectivity index (χ2n) is 7.21. The Labute approximate surface area is 167 Å². The number of aliphatic carboxylic acids is 1. The summed E-state index contributed by atoms with van der Waals surface area (Å²) in [6.45, 7) is 3.30. The van der Waals surface area contributed by atoms with E-state index in [9.17, 15) is 18.3 Å². The molecule has 29 heavy (non-hydrogen) atoms. The Morgan fingerprint density at radius 2 is 1.76 bits per heavy atom. The molecule has 0 bridgehead atoms. The van der Waals surface area contributed by atoms with Crippen LogP contribution in [0, 0.1) is 5.92 Å². The van der Waals surface area contributed by atoms with Gasteiger partial charge in [-0.25, -0.2) is 8.42 Å². The van der Waals surface area contributed by atoms with Crippen molar-refractivity contribution in [3.63, 3.8) is 0 Å². The summed E-state index contributed by atoms with van der Waals surface area (Å²) in [5, 5.41) is 10.7. The molecule has 2 heterocycles. The number of sulfonamides is 1. The molecule has 2 aromatic heterocycles. The molecule has 0 aliphatic carbocycles. The van der Waals surface area contributed by atoms with Crippen molar-refractivity contribution in [2.75, 3.05) is 0 Å². The van der Waals surface area contributed by atoms with Gasteiger partial charge in [0.05, 0.1) is 4.90 Å². The van der Waals surface area contributed by atoms with E-state index in [2.05, 4.69) is 4.72 Å². The van der Waals surface area contributed by atoms with Crippen molar-refractivity contribution in [1.29, 1.82) is 0 Å². The maximum Gasteiger partial charge on any atom is 0.322 e. The summed E-state index contributed by atoms with van der Waals surface area (Å²) in [5.41, 5.74) is 2.12. The molecule has 0 spiro atoms. The van der Waals surface area contributed by atoms with Gasteiger partial charge in [0, 0.05) is 34.9 Å². The van der Waals surface area contributed by atoms with Gasteiger partial charge in [-0.1, -0.05) is 13.8 Å². The topological polar surface area (TPSA) is 102 Å². The summed E-state index contributed by atoms with van der Waals surface area (Å²) >= 11 is 0. The largest absolute Gasteiger partial charge is 0.480 e. The van der Waals surface area contributed by atoms with Crippen molar-refractivity contribution in [2.45, 2.75) is 24.8 Å². The van der Waals surface area contributed by atoms with E-state index in [1.165, 1.54) is 12.1 Å². The highest BCUT2D eigenvalue weighted by atomic mass is 32.2. The zero-order chi connectivity index (χ0) is 20.8. The highest BCUT2D eigenvalue weighted by Gasteiger charge is 2.28. The van der Waals surface area contributed by atoms with Crippen LogP contribution < -0.4 is 4.72 Å². The van der Waals surface area contributed by atoms with E-state index in [0.717, 1.165) is 11.1 Å². The van der Waals surface area contributed by atoms with Gasteiger partial charge in [0.1, 0.15) is 17.2 Å². The van der Waals surface area contributed by atoms with E-state index in [1.807, 2.05) is 47.3 Å². The summed E-state index contributed by atoms with van der Waals surface area (Å²) in [7, 11) is -4.01. The molecule has 8 heteroatoms. The fourth-order valence-electron chi connectivity index (χ4n) is 3.29. The maximum absolute atomic E-state index is 12.8. The van der Waals surface area contributed by atoms with Crippen LogP contribution in [0.3, 0.4) is 0 Å². The number of hydrogen-bond acceptors (Lipinski definition) is 4. The van der Waals surface area contributed by atoms with E-state index in [-0.39, 0.29) is 4.90 Å². The number of furan rings is 1. The maximum atomic E-state index is 12.8. The van der Waals surface area contributed by atoms with Crippen molar-refractivity contribution >= 4 is 37.9 Å². The molecule has 4 rings (SSSR count). The fraction of sp³-hybridized carbons (Fsp3) is 0.190. The molecule has 0 saturated carbocycles. The monoisotopic (exact) mass is 412 g/mol. The third kappa shape index (κ3) is 3.52. The summed E-state index contributed by atoms with van der Waals surface area (Å²) < 4.78 is 35.6. The smallest absolute Gasteiger partial charge is 0.322 e. The van der Waals surface area contributed by atoms with Crippen LogP contribution in [0.5, 0.6) is 0 Å². The van der Waals surface area contributed by atoms with Crippen molar-refractivity contribution < 1.29 is 22.7 Å². The second-order valence-corrected chi connectivity index (χ2v) is 8.93. The first kappa shape index (κ1) is 19.2. The van der Waals surface area contributed by atoms with Gasteiger partial charge in [-0.05, 0) is 48.4 Å². The Morgan fingerprint density at radius 1 is 1.03 bits per heavy atom. The number of benzene rings is 2. The number of rotatable bonds is 6. The molecule has 0 aliphatic rings. The van der Waals surface area contributed by atoms with E-state index >= 15 is 0 Å². The third-order valence-corrected chi connectivity index (χ3v) is 6.29. The molecule has 0 radical (unpaired) electrons. The van der Waals surface area contributed by atoms with E-state index in [0.29, 0.717) is 16.6 Å². The highest BCUT2D eigenvalue weighted by Crippen LogP contribution is 2.32. The highest BCUT2D eigenvalue weighted by molar-refractivity contribution is 7.89. The Kier molecular flexibility index (Phi) is 4.68. The molecule has 1 atom stereocenters. The minimum Gasteiger partial charge on any atom is -0.480 e. The molecule has 2 aromatic carbocycles. The van der Waals surface area contributed by atoms with Gasteiger partial charge in [0.15, 0.2) is 0 Å². The average Bonchev–Trinajstić information content (AvgIpc) is 3.32. The minimum atomic E-state index is -4.01. The van der Waals surface area contributed by atoms with Gasteiger partial charge in [-0.3, -0.25) is 4.79 Å². The van der Waals surface area contributed by atoms with Crippen LogP contribution in [-0.4, -0.2) is 30.1 Å². The lowest BCUT2D eigenvalue weighted by Gasteiger charge is -2.17. The van der Waals surface area contributed by atoms with Crippen LogP contribution in [0.2, 0.25) is 0 Å². The second kappa shape index (κ2) is 7.06. The van der Waals surface area contributed by atoms with Crippen molar-refractivity contribution in [1.82, 2.24) is 9.29 Å². The number of carbonyl (C=O) groups is 1. The molecule has 0 saturated heterocycles. The zero-order valence-corrected chi connectivity index (χ0v) is 16.7. The summed E-state index contributed by atoms with van der Waals surface area (Å²) in [6, 6.07) is 12.9. The predicted octanol–water partition coefficient (Wildman–Crippen LogP) is 3.76. The number of hydrogen-bond donors (Lipinski definition) is 2. The van der Waals surface area contributed by atoms with Crippen molar-refractivity contribution in [3.8, 4) is 5.69 Å². The number of fused-ring (bicyclic) bond motifs is 3. The Bertz CT molecular complexity index is 1300. The Morgan fingerprint density at radius 3 is 2.41 bits per heavy atom. The molecule has 0 fully saturated rings. The first-order valence-electron chi connectivity index (χ1n) is 9.11. The van der Waals surface area contributed by atoms with Gasteiger partial charge in [0.2, 0.25) is 10.0 Å². The lowest BCUT2D eigenvalue weighted by Crippen LogP contribution is -2.44. The van der Waals surface area contributed by atoms with E-state index in [1.54, 1.807) is 19.9 Å². The molecule has 4 aromatic rings. The number of carboxylic acid groups (broad SMARTS) is 1. The van der Waals surface area contributed by atoms with Crippen LogP contribution in [-0.2, 0) is 14.8 Å². The molecule has 0 amide bonds. The van der Waals surface area contributed by atoms with Crippen LogP contribution >= 0.6 is 0 Å². The zero-order valence-electron chi connectivity index (χ0n) is 15.9. The summed E-state index contributed by atoms with van der Waals surface area (Å²) in [6.07, 6.45) is 3.85. The first-order chi connectivity index (χ1) is 13.8.